The topological polar surface area (TPSA) is 81.8 Å². The van der Waals surface area contributed by atoms with Gasteiger partial charge >= 0.3 is 5.69 Å². The summed E-state index contributed by atoms with van der Waals surface area (Å²) in [7, 11) is 0. The molecule has 128 valence electrons. The van der Waals surface area contributed by atoms with Crippen molar-refractivity contribution in [3.8, 4) is 0 Å². The van der Waals surface area contributed by atoms with Gasteiger partial charge in [0, 0.05) is 18.9 Å². The Balaban J connectivity index is 1.66. The first-order valence-corrected chi connectivity index (χ1v) is 7.97. The van der Waals surface area contributed by atoms with Crippen LogP contribution in [0.3, 0.4) is 0 Å². The van der Waals surface area contributed by atoms with Gasteiger partial charge < -0.3 is 5.32 Å². The molecule has 0 spiro atoms. The number of amides is 1. The number of pyridine rings is 1. The van der Waals surface area contributed by atoms with Gasteiger partial charge in [0.05, 0.1) is 6.54 Å². The zero-order valence-electron chi connectivity index (χ0n) is 13.9. The average molecular weight is 337 g/mol. The Morgan fingerprint density at radius 3 is 2.60 bits per heavy atom. The van der Waals surface area contributed by atoms with Crippen LogP contribution in [0, 0.1) is 6.92 Å². The number of hydrogen-bond donors (Lipinski definition) is 1. The quantitative estimate of drug-likeness (QED) is 0.731. The molecular weight excluding hydrogens is 318 g/mol. The van der Waals surface area contributed by atoms with Crippen molar-refractivity contribution in [3.05, 3.63) is 82.3 Å². The smallest absolute Gasteiger partial charge is 0.346 e. The van der Waals surface area contributed by atoms with Crippen molar-refractivity contribution >= 4 is 5.91 Å². The van der Waals surface area contributed by atoms with E-state index >= 15 is 0 Å². The maximum Gasteiger partial charge on any atom is 0.346 e. The van der Waals surface area contributed by atoms with Gasteiger partial charge in [-0.2, -0.15) is 5.10 Å². The Kier molecular flexibility index (Phi) is 5.03. The van der Waals surface area contributed by atoms with Crippen LogP contribution in [-0.2, 0) is 24.4 Å². The molecule has 0 atom stereocenters. The van der Waals surface area contributed by atoms with Crippen molar-refractivity contribution in [2.75, 3.05) is 0 Å². The maximum absolute atomic E-state index is 12.5. The first kappa shape index (κ1) is 16.6. The van der Waals surface area contributed by atoms with Crippen molar-refractivity contribution in [2.24, 2.45) is 0 Å². The van der Waals surface area contributed by atoms with Crippen molar-refractivity contribution < 1.29 is 4.79 Å². The standard InChI is InChI=1S/C18H19N5O2/c1-14-21-23(13-17(24)20-11-16-8-5-9-19-10-16)18(25)22(14)12-15-6-3-2-4-7-15/h2-10H,11-13H2,1H3,(H,20,24). The fourth-order valence-electron chi connectivity index (χ4n) is 2.50. The molecule has 0 bridgehead atoms. The number of carbonyl (C=O) groups excluding carboxylic acids is 1. The molecule has 7 nitrogen and oxygen atoms in total. The number of benzene rings is 1. The molecule has 0 fully saturated rings. The highest BCUT2D eigenvalue weighted by Crippen LogP contribution is 2.02. The van der Waals surface area contributed by atoms with Crippen LogP contribution < -0.4 is 11.0 Å². The molecule has 25 heavy (non-hydrogen) atoms. The second-order valence-electron chi connectivity index (χ2n) is 5.70. The molecule has 3 rings (SSSR count). The van der Waals surface area contributed by atoms with E-state index in [1.54, 1.807) is 30.0 Å². The predicted molar refractivity (Wildman–Crippen MR) is 92.9 cm³/mol. The summed E-state index contributed by atoms with van der Waals surface area (Å²) >= 11 is 0. The average Bonchev–Trinajstić information content (AvgIpc) is 2.89. The molecule has 2 aromatic heterocycles. The van der Waals surface area contributed by atoms with E-state index in [9.17, 15) is 9.59 Å². The first-order chi connectivity index (χ1) is 12.1. The fourth-order valence-corrected chi connectivity index (χ4v) is 2.50. The van der Waals surface area contributed by atoms with Crippen molar-refractivity contribution in [1.29, 1.82) is 0 Å². The summed E-state index contributed by atoms with van der Waals surface area (Å²) in [6.45, 7) is 2.45. The number of rotatable bonds is 6. The Labute approximate surface area is 144 Å². The van der Waals surface area contributed by atoms with Gasteiger partial charge in [0.15, 0.2) is 0 Å². The van der Waals surface area contributed by atoms with E-state index in [0.29, 0.717) is 18.9 Å². The van der Waals surface area contributed by atoms with Gasteiger partial charge in [-0.15, -0.1) is 0 Å². The van der Waals surface area contributed by atoms with Gasteiger partial charge in [0.1, 0.15) is 12.4 Å². The Bertz CT molecular complexity index is 900. The van der Waals surface area contributed by atoms with Gasteiger partial charge in [0.2, 0.25) is 5.91 Å². The lowest BCUT2D eigenvalue weighted by Gasteiger charge is -2.04. The lowest BCUT2D eigenvalue weighted by molar-refractivity contribution is -0.122. The largest absolute Gasteiger partial charge is 0.350 e. The molecule has 0 aliphatic heterocycles. The van der Waals surface area contributed by atoms with E-state index in [-0.39, 0.29) is 18.1 Å². The van der Waals surface area contributed by atoms with E-state index < -0.39 is 0 Å². The van der Waals surface area contributed by atoms with E-state index in [1.807, 2.05) is 36.4 Å². The highest BCUT2D eigenvalue weighted by atomic mass is 16.2. The summed E-state index contributed by atoms with van der Waals surface area (Å²) in [4.78, 5) is 28.5. The third-order valence-electron chi connectivity index (χ3n) is 3.80. The van der Waals surface area contributed by atoms with Gasteiger partial charge in [0.25, 0.3) is 0 Å². The number of carbonyl (C=O) groups is 1. The summed E-state index contributed by atoms with van der Waals surface area (Å²) in [5, 5.41) is 6.96. The SMILES string of the molecule is Cc1nn(CC(=O)NCc2cccnc2)c(=O)n1Cc1ccccc1. The minimum atomic E-state index is -0.294. The molecule has 0 radical (unpaired) electrons. The number of aromatic nitrogens is 4. The van der Waals surface area contributed by atoms with Crippen LogP contribution in [0.2, 0.25) is 0 Å². The fraction of sp³-hybridized carbons (Fsp3) is 0.222. The molecule has 3 aromatic rings. The number of nitrogens with one attached hydrogen (secondary N) is 1. The van der Waals surface area contributed by atoms with E-state index in [1.165, 1.54) is 4.68 Å². The number of aryl methyl sites for hydroxylation is 1. The molecule has 0 aliphatic carbocycles. The summed E-state index contributed by atoms with van der Waals surface area (Å²) in [6, 6.07) is 13.3. The number of nitrogens with zero attached hydrogens (tertiary/aromatic N) is 4. The second-order valence-corrected chi connectivity index (χ2v) is 5.70. The molecule has 7 heteroatoms. The molecular formula is C18H19N5O2. The number of hydrogen-bond acceptors (Lipinski definition) is 4. The molecule has 2 heterocycles. The highest BCUT2D eigenvalue weighted by molar-refractivity contribution is 5.75. The molecule has 1 N–H and O–H groups in total. The normalized spacial score (nSPS) is 10.6. The van der Waals surface area contributed by atoms with Crippen LogP contribution in [0.15, 0.2) is 59.7 Å². The van der Waals surface area contributed by atoms with Crippen LogP contribution in [0.4, 0.5) is 0 Å². The van der Waals surface area contributed by atoms with Crippen molar-refractivity contribution in [3.63, 3.8) is 0 Å². The van der Waals surface area contributed by atoms with E-state index in [0.717, 1.165) is 11.1 Å². The molecule has 0 saturated heterocycles. The van der Waals surface area contributed by atoms with Crippen LogP contribution >= 0.6 is 0 Å². The first-order valence-electron chi connectivity index (χ1n) is 7.97. The van der Waals surface area contributed by atoms with Gasteiger partial charge in [-0.3, -0.25) is 14.3 Å². The summed E-state index contributed by atoms with van der Waals surface area (Å²) in [5.41, 5.74) is 1.61. The third-order valence-corrected chi connectivity index (χ3v) is 3.80. The Morgan fingerprint density at radius 2 is 1.88 bits per heavy atom. The Morgan fingerprint density at radius 1 is 1.12 bits per heavy atom. The van der Waals surface area contributed by atoms with Crippen molar-refractivity contribution in [2.45, 2.75) is 26.6 Å². The molecule has 0 saturated carbocycles. The Hall–Kier alpha value is -3.22. The third kappa shape index (κ3) is 4.20. The summed E-state index contributed by atoms with van der Waals surface area (Å²) < 4.78 is 2.75. The minimum Gasteiger partial charge on any atom is -0.350 e. The second kappa shape index (κ2) is 7.57. The highest BCUT2D eigenvalue weighted by Gasteiger charge is 2.13. The van der Waals surface area contributed by atoms with Crippen LogP contribution in [0.25, 0.3) is 0 Å². The lowest BCUT2D eigenvalue weighted by Crippen LogP contribution is -2.33. The lowest BCUT2D eigenvalue weighted by atomic mass is 10.2. The maximum atomic E-state index is 12.5. The molecule has 1 amide bonds. The van der Waals surface area contributed by atoms with Crippen LogP contribution in [0.1, 0.15) is 17.0 Å². The van der Waals surface area contributed by atoms with Gasteiger partial charge in [-0.25, -0.2) is 9.48 Å². The van der Waals surface area contributed by atoms with E-state index in [4.69, 9.17) is 0 Å². The summed E-state index contributed by atoms with van der Waals surface area (Å²) in [5.74, 6) is 0.309. The molecule has 1 aromatic carbocycles. The minimum absolute atomic E-state index is 0.109. The zero-order valence-corrected chi connectivity index (χ0v) is 13.9. The van der Waals surface area contributed by atoms with Crippen molar-refractivity contribution in [1.82, 2.24) is 24.6 Å². The van der Waals surface area contributed by atoms with Gasteiger partial charge in [-0.1, -0.05) is 36.4 Å². The zero-order chi connectivity index (χ0) is 17.6. The van der Waals surface area contributed by atoms with E-state index in [2.05, 4.69) is 15.4 Å². The van der Waals surface area contributed by atoms with Crippen LogP contribution in [0.5, 0.6) is 0 Å². The van der Waals surface area contributed by atoms with Gasteiger partial charge in [-0.05, 0) is 24.1 Å². The summed E-state index contributed by atoms with van der Waals surface area (Å²) in [6.07, 6.45) is 3.36. The molecule has 0 unspecified atom stereocenters. The van der Waals surface area contributed by atoms with Crippen LogP contribution in [-0.4, -0.2) is 25.2 Å². The molecule has 0 aliphatic rings. The monoisotopic (exact) mass is 337 g/mol. The predicted octanol–water partition coefficient (Wildman–Crippen LogP) is 1.11.